The van der Waals surface area contributed by atoms with E-state index in [1.54, 1.807) is 49.4 Å². The number of rotatable bonds is 10. The molecule has 3 aromatic rings. The maximum Gasteiger partial charge on any atom is 0.376 e. The van der Waals surface area contributed by atoms with Crippen LogP contribution in [0, 0.1) is 12.3 Å². The highest BCUT2D eigenvalue weighted by molar-refractivity contribution is 14.1. The zero-order valence-corrected chi connectivity index (χ0v) is 27.0. The van der Waals surface area contributed by atoms with Gasteiger partial charge in [0.25, 0.3) is 10.0 Å². The van der Waals surface area contributed by atoms with E-state index in [1.807, 2.05) is 25.1 Å². The molecule has 0 spiro atoms. The number of fused-ring (bicyclic) bond motifs is 1. The van der Waals surface area contributed by atoms with E-state index < -0.39 is 33.8 Å². The first kappa shape index (κ1) is 31.9. The molecular formula is C32H34F2INO5S. The Morgan fingerprint density at radius 2 is 1.64 bits per heavy atom. The molecule has 4 rings (SSSR count). The minimum atomic E-state index is -4.22. The molecule has 0 bridgehead atoms. The SMILES string of the molecule is CCOC(=O)C(F)(F)CC1(C)CN(S(=O)(=O)c2ccc(C)cc2)c2ccccc2C(c2ccccc2OC)=C1CCI. The van der Waals surface area contributed by atoms with Gasteiger partial charge in [0.2, 0.25) is 0 Å². The van der Waals surface area contributed by atoms with Crippen LogP contribution in [0.2, 0.25) is 0 Å². The monoisotopic (exact) mass is 709 g/mol. The second-order valence-corrected chi connectivity index (χ2v) is 13.4. The van der Waals surface area contributed by atoms with Crippen molar-refractivity contribution in [2.24, 2.45) is 5.41 Å². The van der Waals surface area contributed by atoms with Gasteiger partial charge >= 0.3 is 11.9 Å². The summed E-state index contributed by atoms with van der Waals surface area (Å²) in [6.45, 7) is 4.41. The van der Waals surface area contributed by atoms with E-state index in [4.69, 9.17) is 9.47 Å². The fourth-order valence-electron chi connectivity index (χ4n) is 5.56. The molecule has 6 nitrogen and oxygen atoms in total. The van der Waals surface area contributed by atoms with Crippen molar-refractivity contribution in [1.82, 2.24) is 0 Å². The molecule has 224 valence electrons. The smallest absolute Gasteiger partial charge is 0.376 e. The Hall–Kier alpha value is -2.99. The molecule has 0 fully saturated rings. The van der Waals surface area contributed by atoms with Gasteiger partial charge in [-0.05, 0) is 50.1 Å². The third kappa shape index (κ3) is 6.20. The molecule has 0 amide bonds. The predicted octanol–water partition coefficient (Wildman–Crippen LogP) is 7.43. The van der Waals surface area contributed by atoms with Crippen molar-refractivity contribution < 1.29 is 31.5 Å². The molecule has 42 heavy (non-hydrogen) atoms. The number of aryl methyl sites for hydroxylation is 1. The Bertz CT molecular complexity index is 1590. The second-order valence-electron chi connectivity index (χ2n) is 10.5. The van der Waals surface area contributed by atoms with Gasteiger partial charge < -0.3 is 9.47 Å². The number of halogens is 3. The van der Waals surface area contributed by atoms with Crippen molar-refractivity contribution in [3.63, 3.8) is 0 Å². The summed E-state index contributed by atoms with van der Waals surface area (Å²) in [5, 5.41) is 0. The van der Waals surface area contributed by atoms with Crippen LogP contribution in [0.25, 0.3) is 5.57 Å². The van der Waals surface area contributed by atoms with Crippen molar-refractivity contribution in [3.8, 4) is 5.75 Å². The minimum absolute atomic E-state index is 0.0404. The third-order valence-corrected chi connectivity index (χ3v) is 9.79. The Labute approximate surface area is 259 Å². The van der Waals surface area contributed by atoms with Crippen molar-refractivity contribution in [3.05, 3.63) is 95.1 Å². The van der Waals surface area contributed by atoms with Gasteiger partial charge in [0.1, 0.15) is 5.75 Å². The molecule has 0 radical (unpaired) electrons. The second kappa shape index (κ2) is 12.7. The van der Waals surface area contributed by atoms with Gasteiger partial charge in [-0.2, -0.15) is 8.78 Å². The lowest BCUT2D eigenvalue weighted by molar-refractivity contribution is -0.175. The number of alkyl halides is 3. The van der Waals surface area contributed by atoms with Crippen molar-refractivity contribution in [2.75, 3.05) is 29.0 Å². The maximum atomic E-state index is 15.7. The fourth-order valence-corrected chi connectivity index (χ4v) is 7.70. The highest BCUT2D eigenvalue weighted by Crippen LogP contribution is 2.52. The normalized spacial score (nSPS) is 17.5. The number of esters is 1. The molecule has 0 aromatic heterocycles. The van der Waals surface area contributed by atoms with Crippen LogP contribution in [0.15, 0.2) is 83.3 Å². The minimum Gasteiger partial charge on any atom is -0.496 e. The molecular weight excluding hydrogens is 675 g/mol. The van der Waals surface area contributed by atoms with E-state index in [1.165, 1.54) is 30.5 Å². The highest BCUT2D eigenvalue weighted by Gasteiger charge is 2.51. The summed E-state index contributed by atoms with van der Waals surface area (Å²) >= 11 is 2.19. The summed E-state index contributed by atoms with van der Waals surface area (Å²) in [5.41, 5.74) is 2.19. The van der Waals surface area contributed by atoms with Crippen molar-refractivity contribution in [2.45, 2.75) is 44.4 Å². The molecule has 0 saturated carbocycles. The molecule has 0 aliphatic carbocycles. The lowest BCUT2D eigenvalue weighted by Crippen LogP contribution is -2.45. The van der Waals surface area contributed by atoms with Crippen LogP contribution in [0.5, 0.6) is 5.75 Å². The molecule has 1 unspecified atom stereocenters. The number of para-hydroxylation sites is 2. The quantitative estimate of drug-likeness (QED) is 0.124. The van der Waals surface area contributed by atoms with E-state index in [0.29, 0.717) is 44.6 Å². The van der Waals surface area contributed by atoms with E-state index in [-0.39, 0.29) is 18.0 Å². The van der Waals surface area contributed by atoms with Crippen LogP contribution in [0.1, 0.15) is 43.4 Å². The average Bonchev–Trinajstić information content (AvgIpc) is 3.06. The highest BCUT2D eigenvalue weighted by atomic mass is 127. The lowest BCUT2D eigenvalue weighted by atomic mass is 9.72. The van der Waals surface area contributed by atoms with E-state index in [0.717, 1.165) is 5.56 Å². The molecule has 3 aromatic carbocycles. The Morgan fingerprint density at radius 3 is 2.26 bits per heavy atom. The summed E-state index contributed by atoms with van der Waals surface area (Å²) in [5.74, 6) is -4.99. The number of anilines is 1. The van der Waals surface area contributed by atoms with Crippen LogP contribution in [0.3, 0.4) is 0 Å². The molecule has 0 N–H and O–H groups in total. The van der Waals surface area contributed by atoms with Crippen LogP contribution < -0.4 is 9.04 Å². The zero-order chi connectivity index (χ0) is 30.7. The average molecular weight is 710 g/mol. The predicted molar refractivity (Wildman–Crippen MR) is 169 cm³/mol. The topological polar surface area (TPSA) is 72.9 Å². The van der Waals surface area contributed by atoms with Crippen LogP contribution in [-0.4, -0.2) is 45.0 Å². The number of benzene rings is 3. The summed E-state index contributed by atoms with van der Waals surface area (Å²) in [4.78, 5) is 12.5. The Morgan fingerprint density at radius 1 is 1.02 bits per heavy atom. The molecule has 1 aliphatic rings. The first-order valence-electron chi connectivity index (χ1n) is 13.6. The number of nitrogens with zero attached hydrogens (tertiary/aromatic N) is 1. The van der Waals surface area contributed by atoms with Gasteiger partial charge in [-0.1, -0.05) is 89.2 Å². The van der Waals surface area contributed by atoms with Crippen LogP contribution in [0.4, 0.5) is 14.5 Å². The molecule has 10 heteroatoms. The fraction of sp³-hybridized carbons (Fsp3) is 0.344. The van der Waals surface area contributed by atoms with Gasteiger partial charge in [-0.3, -0.25) is 4.31 Å². The van der Waals surface area contributed by atoms with Gasteiger partial charge in [0.15, 0.2) is 0 Å². The summed E-state index contributed by atoms with van der Waals surface area (Å²) < 4.78 is 72.3. The van der Waals surface area contributed by atoms with Gasteiger partial charge in [0, 0.05) is 33.9 Å². The Balaban J connectivity index is 2.09. The summed E-state index contributed by atoms with van der Waals surface area (Å²) in [6, 6.07) is 20.7. The first-order valence-corrected chi connectivity index (χ1v) is 16.5. The largest absolute Gasteiger partial charge is 0.496 e. The van der Waals surface area contributed by atoms with Crippen molar-refractivity contribution >= 4 is 49.8 Å². The number of sulfonamides is 1. The molecule has 0 saturated heterocycles. The van der Waals surface area contributed by atoms with Crippen LogP contribution in [-0.2, 0) is 19.6 Å². The maximum absolute atomic E-state index is 15.7. The summed E-state index contributed by atoms with van der Waals surface area (Å²) in [7, 11) is -2.69. The van der Waals surface area contributed by atoms with Gasteiger partial charge in [-0.25, -0.2) is 13.2 Å². The lowest BCUT2D eigenvalue weighted by Gasteiger charge is -2.38. The van der Waals surface area contributed by atoms with E-state index in [2.05, 4.69) is 22.6 Å². The number of methoxy groups -OCH3 is 1. The molecule has 1 heterocycles. The number of hydrogen-bond acceptors (Lipinski definition) is 5. The van der Waals surface area contributed by atoms with Crippen molar-refractivity contribution in [1.29, 1.82) is 0 Å². The number of carbonyl (C=O) groups excluding carboxylic acids is 1. The third-order valence-electron chi connectivity index (χ3n) is 7.48. The van der Waals surface area contributed by atoms with E-state index >= 15 is 8.78 Å². The first-order chi connectivity index (χ1) is 19.9. The van der Waals surface area contributed by atoms with E-state index in [9.17, 15) is 13.2 Å². The van der Waals surface area contributed by atoms with Crippen LogP contribution >= 0.6 is 22.6 Å². The molecule has 1 aliphatic heterocycles. The zero-order valence-electron chi connectivity index (χ0n) is 24.0. The molecule has 1 atom stereocenters. The standard InChI is InChI=1S/C32H34F2INO5S/c1-5-41-30(37)32(33,34)20-31(3)21-36(42(38,39)23-16-14-22(2)15-17-23)27-12-8-6-10-24(27)29(26(31)18-19-35)25-11-7-9-13-28(25)40-4/h6-17H,5,18-21H2,1-4H3. The van der Waals surface area contributed by atoms with Gasteiger partial charge in [-0.15, -0.1) is 0 Å². The number of carbonyl (C=O) groups is 1. The number of ether oxygens (including phenoxy) is 2. The van der Waals surface area contributed by atoms with Gasteiger partial charge in [0.05, 0.1) is 24.3 Å². The summed E-state index contributed by atoms with van der Waals surface area (Å²) in [6.07, 6.45) is -0.576. The Kier molecular flexibility index (Phi) is 9.66. The number of hydrogen-bond donors (Lipinski definition) is 0.